The van der Waals surface area contributed by atoms with E-state index in [1.165, 1.54) is 30.0 Å². The van der Waals surface area contributed by atoms with E-state index in [1.807, 2.05) is 0 Å². The third kappa shape index (κ3) is 5.21. The van der Waals surface area contributed by atoms with Crippen molar-refractivity contribution >= 4 is 40.9 Å². The average molecular weight is 428 g/mol. The van der Waals surface area contributed by atoms with Crippen LogP contribution < -0.4 is 5.32 Å². The van der Waals surface area contributed by atoms with Crippen LogP contribution in [0.25, 0.3) is 0 Å². The molecule has 8 nitrogen and oxygen atoms in total. The number of nitrogens with zero attached hydrogens (tertiary/aromatic N) is 4. The highest BCUT2D eigenvalue weighted by Gasteiger charge is 2.19. The molecule has 28 heavy (non-hydrogen) atoms. The van der Waals surface area contributed by atoms with E-state index in [0.29, 0.717) is 43.0 Å². The molecule has 2 heterocycles. The van der Waals surface area contributed by atoms with Gasteiger partial charge in [0.1, 0.15) is 11.6 Å². The normalized spacial score (nSPS) is 14.2. The fourth-order valence-corrected chi connectivity index (χ4v) is 3.59. The van der Waals surface area contributed by atoms with Crippen molar-refractivity contribution in [2.75, 3.05) is 37.4 Å². The number of benzene rings is 1. The summed E-state index contributed by atoms with van der Waals surface area (Å²) in [5.41, 5.74) is 0.393. The lowest BCUT2D eigenvalue weighted by atomic mass is 10.3. The zero-order valence-electron chi connectivity index (χ0n) is 15.2. The molecule has 1 aliphatic rings. The SMILES string of the molecule is Cn1c(CC(=O)Nc2ccc(F)c(Cl)c2)nnc1SCC(=O)N1CCOCC1. The van der Waals surface area contributed by atoms with Crippen LogP contribution in [0.3, 0.4) is 0 Å². The molecule has 2 aromatic rings. The summed E-state index contributed by atoms with van der Waals surface area (Å²) < 4.78 is 20.1. The van der Waals surface area contributed by atoms with Gasteiger partial charge in [0.25, 0.3) is 0 Å². The molecule has 0 atom stereocenters. The Balaban J connectivity index is 1.54. The van der Waals surface area contributed by atoms with Gasteiger partial charge in [0.2, 0.25) is 11.8 Å². The molecule has 0 bridgehead atoms. The average Bonchev–Trinajstić information content (AvgIpc) is 3.03. The number of nitrogens with one attached hydrogen (secondary N) is 1. The summed E-state index contributed by atoms with van der Waals surface area (Å²) in [5, 5.41) is 11.2. The Labute approximate surface area is 170 Å². The van der Waals surface area contributed by atoms with Crippen LogP contribution in [0.4, 0.5) is 10.1 Å². The topological polar surface area (TPSA) is 89.3 Å². The van der Waals surface area contributed by atoms with Crippen molar-refractivity contribution in [2.45, 2.75) is 11.6 Å². The second kappa shape index (κ2) is 9.35. The monoisotopic (exact) mass is 427 g/mol. The van der Waals surface area contributed by atoms with E-state index in [4.69, 9.17) is 16.3 Å². The van der Waals surface area contributed by atoms with Crippen LogP contribution in [0, 0.1) is 5.82 Å². The molecular formula is C17H19ClFN5O3S. The van der Waals surface area contributed by atoms with Gasteiger partial charge in [0, 0.05) is 25.8 Å². The molecule has 0 spiro atoms. The molecule has 11 heteroatoms. The number of carbonyl (C=O) groups excluding carboxylic acids is 2. The van der Waals surface area contributed by atoms with Gasteiger partial charge in [-0.15, -0.1) is 10.2 Å². The van der Waals surface area contributed by atoms with Gasteiger partial charge in [0.05, 0.1) is 30.4 Å². The van der Waals surface area contributed by atoms with Crippen LogP contribution in [-0.2, 0) is 27.8 Å². The predicted molar refractivity (Wildman–Crippen MR) is 103 cm³/mol. The lowest BCUT2D eigenvalue weighted by molar-refractivity contribution is -0.132. The van der Waals surface area contributed by atoms with Crippen LogP contribution >= 0.6 is 23.4 Å². The van der Waals surface area contributed by atoms with E-state index < -0.39 is 5.82 Å². The highest BCUT2D eigenvalue weighted by atomic mass is 35.5. The predicted octanol–water partition coefficient (Wildman–Crippen LogP) is 1.74. The smallest absolute Gasteiger partial charge is 0.233 e. The quantitative estimate of drug-likeness (QED) is 0.706. The molecule has 0 unspecified atom stereocenters. The largest absolute Gasteiger partial charge is 0.378 e. The van der Waals surface area contributed by atoms with Crippen LogP contribution in [0.15, 0.2) is 23.4 Å². The first-order valence-electron chi connectivity index (χ1n) is 8.55. The van der Waals surface area contributed by atoms with Crippen molar-refractivity contribution in [1.82, 2.24) is 19.7 Å². The summed E-state index contributed by atoms with van der Waals surface area (Å²) in [6.45, 7) is 2.30. The van der Waals surface area contributed by atoms with E-state index in [1.54, 1.807) is 16.5 Å². The van der Waals surface area contributed by atoms with Gasteiger partial charge in [-0.2, -0.15) is 0 Å². The fourth-order valence-electron chi connectivity index (χ4n) is 2.58. The standard InChI is InChI=1S/C17H19ClFN5O3S/c1-23-14(9-15(25)20-11-2-3-13(19)12(18)8-11)21-22-17(23)28-10-16(26)24-4-6-27-7-5-24/h2-3,8H,4-7,9-10H2,1H3,(H,20,25). The van der Waals surface area contributed by atoms with Gasteiger partial charge < -0.3 is 19.5 Å². The Morgan fingerprint density at radius 3 is 2.79 bits per heavy atom. The van der Waals surface area contributed by atoms with E-state index in [0.717, 1.165) is 0 Å². The summed E-state index contributed by atoms with van der Waals surface area (Å²) in [7, 11) is 1.74. The third-order valence-electron chi connectivity index (χ3n) is 4.14. The summed E-state index contributed by atoms with van der Waals surface area (Å²) in [6, 6.07) is 3.94. The van der Waals surface area contributed by atoms with Crippen molar-refractivity contribution in [2.24, 2.45) is 7.05 Å². The maximum absolute atomic E-state index is 13.2. The molecule has 1 aliphatic heterocycles. The minimum atomic E-state index is -0.554. The minimum absolute atomic E-state index is 0.0174. The summed E-state index contributed by atoms with van der Waals surface area (Å²) in [5.74, 6) is -0.178. The molecule has 1 aromatic heterocycles. The van der Waals surface area contributed by atoms with Gasteiger partial charge >= 0.3 is 0 Å². The first-order chi connectivity index (χ1) is 13.4. The molecular weight excluding hydrogens is 409 g/mol. The Morgan fingerprint density at radius 2 is 2.07 bits per heavy atom. The zero-order valence-corrected chi connectivity index (χ0v) is 16.7. The molecule has 1 aromatic carbocycles. The van der Waals surface area contributed by atoms with Crippen molar-refractivity contribution in [3.8, 4) is 0 Å². The molecule has 1 fully saturated rings. The molecule has 3 rings (SSSR count). The summed E-state index contributed by atoms with van der Waals surface area (Å²) in [4.78, 5) is 26.2. The Kier molecular flexibility index (Phi) is 6.87. The van der Waals surface area contributed by atoms with Crippen LogP contribution in [-0.4, -0.2) is 63.5 Å². The Bertz CT molecular complexity index is 872. The number of halogens is 2. The number of ether oxygens (including phenoxy) is 1. The summed E-state index contributed by atoms with van der Waals surface area (Å²) >= 11 is 6.98. The molecule has 0 aliphatic carbocycles. The highest BCUT2D eigenvalue weighted by molar-refractivity contribution is 7.99. The second-order valence-electron chi connectivity index (χ2n) is 6.09. The third-order valence-corrected chi connectivity index (χ3v) is 5.43. The van der Waals surface area contributed by atoms with Gasteiger partial charge in [-0.05, 0) is 18.2 Å². The molecule has 0 radical (unpaired) electrons. The Morgan fingerprint density at radius 1 is 1.32 bits per heavy atom. The number of morpholine rings is 1. The number of hydrogen-bond acceptors (Lipinski definition) is 6. The number of amides is 2. The zero-order chi connectivity index (χ0) is 20.1. The highest BCUT2D eigenvalue weighted by Crippen LogP contribution is 2.20. The lowest BCUT2D eigenvalue weighted by Crippen LogP contribution is -2.41. The molecule has 2 amide bonds. The van der Waals surface area contributed by atoms with Crippen molar-refractivity contribution < 1.29 is 18.7 Å². The second-order valence-corrected chi connectivity index (χ2v) is 7.44. The fraction of sp³-hybridized carbons (Fsp3) is 0.412. The number of rotatable bonds is 6. The van der Waals surface area contributed by atoms with E-state index >= 15 is 0 Å². The number of hydrogen-bond donors (Lipinski definition) is 1. The number of thioether (sulfide) groups is 1. The van der Waals surface area contributed by atoms with E-state index in [2.05, 4.69) is 15.5 Å². The first kappa shape index (κ1) is 20.6. The van der Waals surface area contributed by atoms with Crippen LogP contribution in [0.1, 0.15) is 5.82 Å². The Hall–Kier alpha value is -2.17. The van der Waals surface area contributed by atoms with Gasteiger partial charge in [-0.3, -0.25) is 9.59 Å². The molecule has 150 valence electrons. The molecule has 1 N–H and O–H groups in total. The maximum atomic E-state index is 13.2. The number of anilines is 1. The van der Waals surface area contributed by atoms with Crippen LogP contribution in [0.2, 0.25) is 5.02 Å². The van der Waals surface area contributed by atoms with Gasteiger partial charge in [-0.25, -0.2) is 4.39 Å². The summed E-state index contributed by atoms with van der Waals surface area (Å²) in [6.07, 6.45) is -0.0174. The van der Waals surface area contributed by atoms with Crippen molar-refractivity contribution in [3.05, 3.63) is 34.9 Å². The van der Waals surface area contributed by atoms with Gasteiger partial charge in [-0.1, -0.05) is 23.4 Å². The van der Waals surface area contributed by atoms with E-state index in [9.17, 15) is 14.0 Å². The number of carbonyl (C=O) groups is 2. The van der Waals surface area contributed by atoms with Crippen LogP contribution in [0.5, 0.6) is 0 Å². The van der Waals surface area contributed by atoms with Gasteiger partial charge in [0.15, 0.2) is 5.16 Å². The molecule has 1 saturated heterocycles. The maximum Gasteiger partial charge on any atom is 0.233 e. The van der Waals surface area contributed by atoms with E-state index in [-0.39, 0.29) is 29.0 Å². The number of aromatic nitrogens is 3. The van der Waals surface area contributed by atoms with Crippen molar-refractivity contribution in [1.29, 1.82) is 0 Å². The molecule has 0 saturated carbocycles. The van der Waals surface area contributed by atoms with Crippen molar-refractivity contribution in [3.63, 3.8) is 0 Å². The minimum Gasteiger partial charge on any atom is -0.378 e. The first-order valence-corrected chi connectivity index (χ1v) is 9.92. The lowest BCUT2D eigenvalue weighted by Gasteiger charge is -2.26.